The lowest BCUT2D eigenvalue weighted by molar-refractivity contribution is -0.129. The molecule has 0 aliphatic heterocycles. The van der Waals surface area contributed by atoms with Crippen LogP contribution in [0.1, 0.15) is 25.8 Å². The summed E-state index contributed by atoms with van der Waals surface area (Å²) in [5, 5.41) is 5.41. The monoisotopic (exact) mass is 385 g/mol. The molecule has 0 heterocycles. The van der Waals surface area contributed by atoms with Crippen molar-refractivity contribution >= 4 is 29.1 Å². The Balaban J connectivity index is 1.85. The maximum atomic E-state index is 13.0. The summed E-state index contributed by atoms with van der Waals surface area (Å²) in [6, 6.07) is 13.0. The van der Waals surface area contributed by atoms with E-state index in [1.54, 1.807) is 41.3 Å². The van der Waals surface area contributed by atoms with Gasteiger partial charge in [0, 0.05) is 44.7 Å². The summed E-state index contributed by atoms with van der Waals surface area (Å²) in [7, 11) is 0. The normalized spacial score (nSPS) is 10.2. The van der Waals surface area contributed by atoms with E-state index in [2.05, 4.69) is 10.6 Å². The molecule has 3 amide bonds. The van der Waals surface area contributed by atoms with Gasteiger partial charge in [-0.3, -0.25) is 14.4 Å². The third-order valence-electron chi connectivity index (χ3n) is 4.10. The van der Waals surface area contributed by atoms with Crippen molar-refractivity contribution in [3.63, 3.8) is 0 Å². The summed E-state index contributed by atoms with van der Waals surface area (Å²) >= 11 is 0. The van der Waals surface area contributed by atoms with Crippen molar-refractivity contribution in [3.05, 3.63) is 59.9 Å². The van der Waals surface area contributed by atoms with Gasteiger partial charge >= 0.3 is 0 Å². The Labute approximate surface area is 163 Å². The largest absolute Gasteiger partial charge is 0.342 e. The number of carbonyl (C=O) groups excluding carboxylic acids is 3. The van der Waals surface area contributed by atoms with Crippen LogP contribution in [0, 0.1) is 5.82 Å². The molecule has 2 aromatic carbocycles. The van der Waals surface area contributed by atoms with Gasteiger partial charge in [-0.1, -0.05) is 18.2 Å². The van der Waals surface area contributed by atoms with Crippen molar-refractivity contribution in [3.8, 4) is 0 Å². The lowest BCUT2D eigenvalue weighted by Crippen LogP contribution is -2.33. The molecule has 0 saturated heterocycles. The van der Waals surface area contributed by atoms with E-state index in [0.717, 1.165) is 5.56 Å². The maximum Gasteiger partial charge on any atom is 0.226 e. The molecule has 7 heteroatoms. The Morgan fingerprint density at radius 2 is 1.57 bits per heavy atom. The van der Waals surface area contributed by atoms with Crippen LogP contribution in [0.2, 0.25) is 0 Å². The zero-order valence-corrected chi connectivity index (χ0v) is 16.0. The number of hydrogen-bond acceptors (Lipinski definition) is 3. The third-order valence-corrected chi connectivity index (χ3v) is 4.10. The second-order valence-electron chi connectivity index (χ2n) is 6.44. The molecule has 0 bridgehead atoms. The van der Waals surface area contributed by atoms with E-state index in [1.165, 1.54) is 26.0 Å². The van der Waals surface area contributed by atoms with Crippen molar-refractivity contribution in [2.75, 3.05) is 23.7 Å². The number of nitrogens with zero attached hydrogens (tertiary/aromatic N) is 1. The van der Waals surface area contributed by atoms with Crippen LogP contribution >= 0.6 is 0 Å². The summed E-state index contributed by atoms with van der Waals surface area (Å²) in [5.41, 5.74) is 2.08. The predicted octanol–water partition coefficient (Wildman–Crippen LogP) is 3.20. The summed E-state index contributed by atoms with van der Waals surface area (Å²) in [4.78, 5) is 36.7. The fourth-order valence-corrected chi connectivity index (χ4v) is 2.68. The van der Waals surface area contributed by atoms with Crippen LogP contribution in [0.15, 0.2) is 48.5 Å². The lowest BCUT2D eigenvalue weighted by atomic mass is 10.1. The van der Waals surface area contributed by atoms with Crippen molar-refractivity contribution in [2.24, 2.45) is 0 Å². The Bertz CT molecular complexity index is 837. The molecule has 2 N–H and O–H groups in total. The van der Waals surface area contributed by atoms with Gasteiger partial charge in [-0.15, -0.1) is 0 Å². The van der Waals surface area contributed by atoms with Crippen molar-refractivity contribution in [2.45, 2.75) is 26.7 Å². The first-order chi connectivity index (χ1) is 13.3. The number of carbonyl (C=O) groups is 3. The highest BCUT2D eigenvalue weighted by molar-refractivity contribution is 5.93. The van der Waals surface area contributed by atoms with Gasteiger partial charge in [-0.25, -0.2) is 4.39 Å². The summed E-state index contributed by atoms with van der Waals surface area (Å²) < 4.78 is 13.0. The van der Waals surface area contributed by atoms with Crippen molar-refractivity contribution in [1.29, 1.82) is 0 Å². The highest BCUT2D eigenvalue weighted by atomic mass is 19.1. The third kappa shape index (κ3) is 7.19. The van der Waals surface area contributed by atoms with Crippen LogP contribution in [0.4, 0.5) is 15.8 Å². The van der Waals surface area contributed by atoms with E-state index in [-0.39, 0.29) is 36.5 Å². The molecule has 0 radical (unpaired) electrons. The maximum absolute atomic E-state index is 13.0. The molecule has 0 aliphatic carbocycles. The average Bonchev–Trinajstić information content (AvgIpc) is 2.62. The highest BCUT2D eigenvalue weighted by Gasteiger charge is 2.12. The van der Waals surface area contributed by atoms with Gasteiger partial charge in [0.1, 0.15) is 5.82 Å². The number of benzene rings is 2. The van der Waals surface area contributed by atoms with Crippen molar-refractivity contribution in [1.82, 2.24) is 4.90 Å². The molecular formula is C21H24FN3O3. The Kier molecular flexibility index (Phi) is 7.68. The molecule has 0 spiro atoms. The zero-order chi connectivity index (χ0) is 20.5. The number of halogens is 1. The number of anilines is 2. The lowest BCUT2D eigenvalue weighted by Gasteiger charge is -2.21. The summed E-state index contributed by atoms with van der Waals surface area (Å²) in [6.45, 7) is 3.60. The van der Waals surface area contributed by atoms with Gasteiger partial charge in [0.05, 0.1) is 0 Å². The molecule has 0 unspecified atom stereocenters. The number of amides is 3. The van der Waals surface area contributed by atoms with E-state index in [0.29, 0.717) is 24.3 Å². The smallest absolute Gasteiger partial charge is 0.226 e. The van der Waals surface area contributed by atoms with Gasteiger partial charge in [0.25, 0.3) is 0 Å². The van der Waals surface area contributed by atoms with Crippen LogP contribution in [0.25, 0.3) is 0 Å². The molecule has 2 aromatic rings. The van der Waals surface area contributed by atoms with E-state index >= 15 is 0 Å². The first-order valence-corrected chi connectivity index (χ1v) is 9.01. The molecule has 0 saturated carbocycles. The molecule has 28 heavy (non-hydrogen) atoms. The second kappa shape index (κ2) is 10.2. The van der Waals surface area contributed by atoms with Crippen molar-refractivity contribution < 1.29 is 18.8 Å². The minimum Gasteiger partial charge on any atom is -0.342 e. The second-order valence-corrected chi connectivity index (χ2v) is 6.44. The van der Waals surface area contributed by atoms with Crippen LogP contribution < -0.4 is 10.6 Å². The van der Waals surface area contributed by atoms with Crippen LogP contribution in [-0.4, -0.2) is 35.7 Å². The number of nitrogens with one attached hydrogen (secondary N) is 2. The van der Waals surface area contributed by atoms with E-state index in [9.17, 15) is 18.8 Å². The molecule has 0 atom stereocenters. The molecule has 0 aliphatic rings. The fourth-order valence-electron chi connectivity index (χ4n) is 2.68. The van der Waals surface area contributed by atoms with Gasteiger partial charge in [0.2, 0.25) is 17.7 Å². The van der Waals surface area contributed by atoms with Gasteiger partial charge in [-0.2, -0.15) is 0 Å². The molecule has 0 fully saturated rings. The molecule has 6 nitrogen and oxygen atoms in total. The van der Waals surface area contributed by atoms with Gasteiger partial charge < -0.3 is 15.5 Å². The summed E-state index contributed by atoms with van der Waals surface area (Å²) in [6.07, 6.45) is 0.730. The van der Waals surface area contributed by atoms with Gasteiger partial charge in [-0.05, 0) is 42.3 Å². The van der Waals surface area contributed by atoms with Crippen LogP contribution in [-0.2, 0) is 20.8 Å². The molecule has 2 rings (SSSR count). The zero-order valence-electron chi connectivity index (χ0n) is 16.0. The average molecular weight is 385 g/mol. The van der Waals surface area contributed by atoms with Gasteiger partial charge in [0.15, 0.2) is 0 Å². The first kappa shape index (κ1) is 21.1. The fraction of sp³-hybridized carbons (Fsp3) is 0.286. The topological polar surface area (TPSA) is 78.5 Å². The SMILES string of the molecule is CC(=O)Nc1cccc(NC(=O)CCN(CCc2ccc(F)cc2)C(C)=O)c1. The van der Waals surface area contributed by atoms with E-state index in [1.807, 2.05) is 0 Å². The number of hydrogen-bond donors (Lipinski definition) is 2. The number of rotatable bonds is 8. The van der Waals surface area contributed by atoms with Crippen LogP contribution in [0.5, 0.6) is 0 Å². The Hall–Kier alpha value is -3.22. The quantitative estimate of drug-likeness (QED) is 0.732. The standard InChI is InChI=1S/C21H24FN3O3/c1-15(26)23-19-4-3-5-20(14-19)24-21(28)11-13-25(16(2)27)12-10-17-6-8-18(22)9-7-17/h3-9,14H,10-13H2,1-2H3,(H,23,26)(H,24,28). The van der Waals surface area contributed by atoms with Crippen LogP contribution in [0.3, 0.4) is 0 Å². The predicted molar refractivity (Wildman–Crippen MR) is 106 cm³/mol. The minimum atomic E-state index is -0.300. The molecule has 0 aromatic heterocycles. The first-order valence-electron chi connectivity index (χ1n) is 9.01. The minimum absolute atomic E-state index is 0.123. The van der Waals surface area contributed by atoms with E-state index < -0.39 is 0 Å². The highest BCUT2D eigenvalue weighted by Crippen LogP contribution is 2.15. The Morgan fingerprint density at radius 3 is 2.18 bits per heavy atom. The van der Waals surface area contributed by atoms with E-state index in [4.69, 9.17) is 0 Å². The molecule has 148 valence electrons. The summed E-state index contributed by atoms with van der Waals surface area (Å²) in [5.74, 6) is -0.844. The Morgan fingerprint density at radius 1 is 0.929 bits per heavy atom. The molecular weight excluding hydrogens is 361 g/mol.